The lowest BCUT2D eigenvalue weighted by Crippen LogP contribution is -2.29. The van der Waals surface area contributed by atoms with Crippen LogP contribution in [0, 0.1) is 5.82 Å². The van der Waals surface area contributed by atoms with Crippen LogP contribution in [0.2, 0.25) is 0 Å². The zero-order valence-electron chi connectivity index (χ0n) is 11.4. The molecule has 0 saturated heterocycles. The van der Waals surface area contributed by atoms with Gasteiger partial charge in [-0.15, -0.1) is 0 Å². The van der Waals surface area contributed by atoms with E-state index in [2.05, 4.69) is 5.32 Å². The van der Waals surface area contributed by atoms with Gasteiger partial charge in [-0.25, -0.2) is 4.39 Å². The van der Waals surface area contributed by atoms with E-state index in [1.807, 2.05) is 38.1 Å². The Morgan fingerprint density at radius 2 is 1.80 bits per heavy atom. The standard InChI is InChI=1S/C16H16FNO2/c1-16(2)19-14-8-7-12(9-15(14)20-16)18-10-11-5-3-4-6-13(11)17/h3-9,18H,10H2,1-2H3. The minimum atomic E-state index is -0.632. The molecule has 0 saturated carbocycles. The molecule has 2 aromatic carbocycles. The van der Waals surface area contributed by atoms with Crippen LogP contribution in [0.3, 0.4) is 0 Å². The van der Waals surface area contributed by atoms with Gasteiger partial charge in [-0.1, -0.05) is 18.2 Å². The van der Waals surface area contributed by atoms with Gasteiger partial charge in [0.2, 0.25) is 5.79 Å². The molecule has 0 amide bonds. The maximum Gasteiger partial charge on any atom is 0.246 e. The predicted octanol–water partition coefficient (Wildman–Crippen LogP) is 3.95. The summed E-state index contributed by atoms with van der Waals surface area (Å²) in [6, 6.07) is 12.3. The first-order chi connectivity index (χ1) is 9.53. The normalized spacial score (nSPS) is 15.2. The van der Waals surface area contributed by atoms with Gasteiger partial charge >= 0.3 is 0 Å². The number of fused-ring (bicyclic) bond motifs is 1. The second-order valence-corrected chi connectivity index (χ2v) is 5.21. The molecule has 1 aliphatic rings. The van der Waals surface area contributed by atoms with Gasteiger partial charge in [0.1, 0.15) is 5.82 Å². The number of rotatable bonds is 3. The Labute approximate surface area is 117 Å². The molecule has 1 aliphatic heterocycles. The fraction of sp³-hybridized carbons (Fsp3) is 0.250. The Bertz CT molecular complexity index is 640. The Morgan fingerprint density at radius 3 is 2.60 bits per heavy atom. The van der Waals surface area contributed by atoms with E-state index in [0.717, 1.165) is 11.4 Å². The molecule has 1 N–H and O–H groups in total. The number of ether oxygens (including phenoxy) is 2. The number of anilines is 1. The highest BCUT2D eigenvalue weighted by Crippen LogP contribution is 2.40. The molecule has 0 aromatic heterocycles. The third-order valence-corrected chi connectivity index (χ3v) is 3.10. The Kier molecular flexibility index (Phi) is 3.01. The fourth-order valence-electron chi connectivity index (χ4n) is 2.17. The van der Waals surface area contributed by atoms with Crippen molar-refractivity contribution in [1.82, 2.24) is 0 Å². The molecule has 0 bridgehead atoms. The topological polar surface area (TPSA) is 30.5 Å². The van der Waals surface area contributed by atoms with Gasteiger partial charge in [-0.2, -0.15) is 0 Å². The van der Waals surface area contributed by atoms with Gasteiger partial charge in [0.25, 0.3) is 0 Å². The van der Waals surface area contributed by atoms with Crippen LogP contribution < -0.4 is 14.8 Å². The summed E-state index contributed by atoms with van der Waals surface area (Å²) in [5.41, 5.74) is 1.50. The fourth-order valence-corrected chi connectivity index (χ4v) is 2.17. The van der Waals surface area contributed by atoms with Gasteiger partial charge in [-0.05, 0) is 18.2 Å². The van der Waals surface area contributed by atoms with Crippen LogP contribution >= 0.6 is 0 Å². The highest BCUT2D eigenvalue weighted by molar-refractivity contribution is 5.56. The summed E-state index contributed by atoms with van der Waals surface area (Å²) in [7, 11) is 0. The Morgan fingerprint density at radius 1 is 1.05 bits per heavy atom. The van der Waals surface area contributed by atoms with Gasteiger partial charge in [0, 0.05) is 37.7 Å². The first kappa shape index (κ1) is 12.8. The lowest BCUT2D eigenvalue weighted by molar-refractivity contribution is -0.0431. The average Bonchev–Trinajstić information content (AvgIpc) is 2.71. The molecule has 2 aromatic rings. The van der Waals surface area contributed by atoms with Crippen LogP contribution in [-0.4, -0.2) is 5.79 Å². The van der Waals surface area contributed by atoms with Gasteiger partial charge < -0.3 is 14.8 Å². The molecule has 0 fully saturated rings. The van der Waals surface area contributed by atoms with Crippen LogP contribution in [0.4, 0.5) is 10.1 Å². The third kappa shape index (κ3) is 2.54. The second kappa shape index (κ2) is 4.71. The van der Waals surface area contributed by atoms with Gasteiger partial charge in [0.15, 0.2) is 11.5 Å². The van der Waals surface area contributed by atoms with Crippen LogP contribution in [0.5, 0.6) is 11.5 Å². The monoisotopic (exact) mass is 273 g/mol. The van der Waals surface area contributed by atoms with Crippen LogP contribution in [0.1, 0.15) is 19.4 Å². The minimum Gasteiger partial charge on any atom is -0.449 e. The number of nitrogens with one attached hydrogen (secondary N) is 1. The molecule has 0 atom stereocenters. The van der Waals surface area contributed by atoms with Crippen LogP contribution in [0.25, 0.3) is 0 Å². The molecule has 4 heteroatoms. The van der Waals surface area contributed by atoms with Gasteiger partial charge in [0.05, 0.1) is 0 Å². The molecule has 104 valence electrons. The average molecular weight is 273 g/mol. The summed E-state index contributed by atoms with van der Waals surface area (Å²) >= 11 is 0. The summed E-state index contributed by atoms with van der Waals surface area (Å²) in [6.07, 6.45) is 0. The molecule has 3 nitrogen and oxygen atoms in total. The number of halogens is 1. The minimum absolute atomic E-state index is 0.207. The van der Waals surface area contributed by atoms with E-state index >= 15 is 0 Å². The van der Waals surface area contributed by atoms with E-state index in [-0.39, 0.29) is 5.82 Å². The summed E-state index contributed by atoms with van der Waals surface area (Å²) in [5, 5.41) is 3.18. The summed E-state index contributed by atoms with van der Waals surface area (Å²) in [6.45, 7) is 4.15. The second-order valence-electron chi connectivity index (χ2n) is 5.21. The third-order valence-electron chi connectivity index (χ3n) is 3.10. The van der Waals surface area contributed by atoms with Crippen molar-refractivity contribution in [1.29, 1.82) is 0 Å². The lowest BCUT2D eigenvalue weighted by atomic mass is 10.2. The van der Waals surface area contributed by atoms with Crippen molar-refractivity contribution in [3.63, 3.8) is 0 Å². The molecule has 0 spiro atoms. The molecular weight excluding hydrogens is 257 g/mol. The first-order valence-corrected chi connectivity index (χ1v) is 6.53. The zero-order chi connectivity index (χ0) is 14.2. The smallest absolute Gasteiger partial charge is 0.246 e. The quantitative estimate of drug-likeness (QED) is 0.918. The summed E-state index contributed by atoms with van der Waals surface area (Å²) in [4.78, 5) is 0. The SMILES string of the molecule is CC1(C)Oc2ccc(NCc3ccccc3F)cc2O1. The van der Waals surface area contributed by atoms with Crippen molar-refractivity contribution in [3.8, 4) is 11.5 Å². The summed E-state index contributed by atoms with van der Waals surface area (Å²) < 4.78 is 24.8. The number of hydrogen-bond acceptors (Lipinski definition) is 3. The lowest BCUT2D eigenvalue weighted by Gasteiger charge is -2.16. The maximum atomic E-state index is 13.5. The maximum absolute atomic E-state index is 13.5. The molecule has 20 heavy (non-hydrogen) atoms. The predicted molar refractivity (Wildman–Crippen MR) is 75.5 cm³/mol. The van der Waals surface area contributed by atoms with Crippen LogP contribution in [0.15, 0.2) is 42.5 Å². The van der Waals surface area contributed by atoms with Crippen molar-refractivity contribution in [3.05, 3.63) is 53.8 Å². The number of benzene rings is 2. The molecule has 0 radical (unpaired) electrons. The molecular formula is C16H16FNO2. The van der Waals surface area contributed by atoms with Crippen molar-refractivity contribution in [2.24, 2.45) is 0 Å². The molecule has 0 unspecified atom stereocenters. The van der Waals surface area contributed by atoms with Crippen molar-refractivity contribution in [2.45, 2.75) is 26.2 Å². The Hall–Kier alpha value is -2.23. The van der Waals surface area contributed by atoms with E-state index in [4.69, 9.17) is 9.47 Å². The van der Waals surface area contributed by atoms with Gasteiger partial charge in [-0.3, -0.25) is 0 Å². The van der Waals surface area contributed by atoms with E-state index in [1.165, 1.54) is 6.07 Å². The highest BCUT2D eigenvalue weighted by atomic mass is 19.1. The van der Waals surface area contributed by atoms with Crippen molar-refractivity contribution >= 4 is 5.69 Å². The van der Waals surface area contributed by atoms with Crippen molar-refractivity contribution in [2.75, 3.05) is 5.32 Å². The molecule has 0 aliphatic carbocycles. The summed E-state index contributed by atoms with van der Waals surface area (Å²) in [5.74, 6) is 0.591. The zero-order valence-corrected chi connectivity index (χ0v) is 11.4. The highest BCUT2D eigenvalue weighted by Gasteiger charge is 2.31. The molecule has 3 rings (SSSR count). The van der Waals surface area contributed by atoms with Crippen LogP contribution in [-0.2, 0) is 6.54 Å². The van der Waals surface area contributed by atoms with E-state index in [9.17, 15) is 4.39 Å². The Balaban J connectivity index is 1.73. The first-order valence-electron chi connectivity index (χ1n) is 6.53. The largest absolute Gasteiger partial charge is 0.449 e. The van der Waals surface area contributed by atoms with E-state index in [1.54, 1.807) is 12.1 Å². The number of hydrogen-bond donors (Lipinski definition) is 1. The van der Waals surface area contributed by atoms with E-state index < -0.39 is 5.79 Å². The molecule has 1 heterocycles. The van der Waals surface area contributed by atoms with Crippen molar-refractivity contribution < 1.29 is 13.9 Å². The van der Waals surface area contributed by atoms with E-state index in [0.29, 0.717) is 17.9 Å².